The molecule has 0 spiro atoms. The molecule has 0 aliphatic carbocycles. The number of sulfonamides is 1. The van der Waals surface area contributed by atoms with Gasteiger partial charge in [0.05, 0.1) is 14.2 Å². The molecule has 0 atom stereocenters. The second-order valence-electron chi connectivity index (χ2n) is 4.73. The molecule has 2 rings (SSSR count). The quantitative estimate of drug-likeness (QED) is 0.692. The fourth-order valence-corrected chi connectivity index (χ4v) is 3.53. The van der Waals surface area contributed by atoms with E-state index in [9.17, 15) is 13.2 Å². The molecule has 24 heavy (non-hydrogen) atoms. The highest BCUT2D eigenvalue weighted by molar-refractivity contribution is 9.10. The molecular weight excluding hydrogens is 402 g/mol. The maximum Gasteiger partial charge on any atom is 0.282 e. The first kappa shape index (κ1) is 18.3. The third-order valence-corrected chi connectivity index (χ3v) is 4.87. The smallest absolute Gasteiger partial charge is 0.282 e. The zero-order valence-electron chi connectivity index (χ0n) is 13.2. The lowest BCUT2D eigenvalue weighted by atomic mass is 10.3. The molecule has 0 saturated heterocycles. The van der Waals surface area contributed by atoms with E-state index in [4.69, 9.17) is 9.47 Å². The number of nitrogens with one attached hydrogen (secondary N) is 2. The fourth-order valence-electron chi connectivity index (χ4n) is 1.98. The molecule has 1 heterocycles. The lowest BCUT2D eigenvalue weighted by Gasteiger charge is -2.13. The zero-order chi connectivity index (χ0) is 17.9. The molecule has 2 N–H and O–H groups in total. The summed E-state index contributed by atoms with van der Waals surface area (Å²) in [6.07, 6.45) is 1.68. The first-order valence-electron chi connectivity index (χ1n) is 6.64. The first-order chi connectivity index (χ1) is 11.3. The van der Waals surface area contributed by atoms with Gasteiger partial charge in [0.15, 0.2) is 0 Å². The standard InChI is InChI=1S/C14H16BrN3O5S/c1-18-8-9(15)6-11(18)14(19)16-17-24(20,21)13-7-10(22-2)4-5-12(13)23-3/h4-8,17H,1-3H3,(H,16,19). The summed E-state index contributed by atoms with van der Waals surface area (Å²) in [6.45, 7) is 0. The molecule has 0 radical (unpaired) electrons. The van der Waals surface area contributed by atoms with Crippen molar-refractivity contribution in [3.63, 3.8) is 0 Å². The van der Waals surface area contributed by atoms with Crippen molar-refractivity contribution in [1.29, 1.82) is 0 Å². The number of ether oxygens (including phenoxy) is 2. The van der Waals surface area contributed by atoms with Gasteiger partial charge in [0.25, 0.3) is 15.9 Å². The minimum Gasteiger partial charge on any atom is -0.497 e. The number of aromatic nitrogens is 1. The van der Waals surface area contributed by atoms with Gasteiger partial charge >= 0.3 is 0 Å². The molecule has 0 unspecified atom stereocenters. The number of carbonyl (C=O) groups is 1. The predicted octanol–water partition coefficient (Wildman–Crippen LogP) is 1.43. The predicted molar refractivity (Wildman–Crippen MR) is 90.4 cm³/mol. The largest absolute Gasteiger partial charge is 0.497 e. The van der Waals surface area contributed by atoms with Gasteiger partial charge in [-0.15, -0.1) is 4.83 Å². The number of methoxy groups -OCH3 is 2. The van der Waals surface area contributed by atoms with Gasteiger partial charge in [-0.3, -0.25) is 10.2 Å². The topological polar surface area (TPSA) is 98.7 Å². The minimum absolute atomic E-state index is 0.124. The summed E-state index contributed by atoms with van der Waals surface area (Å²) in [6, 6.07) is 5.89. The molecule has 1 amide bonds. The first-order valence-corrected chi connectivity index (χ1v) is 8.92. The Hall–Kier alpha value is -2.04. The van der Waals surface area contributed by atoms with Gasteiger partial charge in [-0.05, 0) is 34.1 Å². The molecule has 0 fully saturated rings. The average molecular weight is 418 g/mol. The van der Waals surface area contributed by atoms with Crippen LogP contribution in [0.3, 0.4) is 0 Å². The molecule has 0 aliphatic heterocycles. The number of carbonyl (C=O) groups excluding carboxylic acids is 1. The zero-order valence-corrected chi connectivity index (χ0v) is 15.6. The second kappa shape index (κ2) is 7.24. The average Bonchev–Trinajstić information content (AvgIpc) is 2.90. The van der Waals surface area contributed by atoms with E-state index in [0.717, 1.165) is 0 Å². The molecule has 130 valence electrons. The summed E-state index contributed by atoms with van der Waals surface area (Å²) in [5, 5.41) is 0. The van der Waals surface area contributed by atoms with Gasteiger partial charge in [0.2, 0.25) is 0 Å². The Morgan fingerprint density at radius 3 is 2.46 bits per heavy atom. The van der Waals surface area contributed by atoms with E-state index in [1.807, 2.05) is 4.83 Å². The van der Waals surface area contributed by atoms with Crippen molar-refractivity contribution in [2.24, 2.45) is 7.05 Å². The van der Waals surface area contributed by atoms with Gasteiger partial charge in [0.1, 0.15) is 22.1 Å². The molecular formula is C14H16BrN3O5S. The lowest BCUT2D eigenvalue weighted by molar-refractivity contribution is 0.0937. The Balaban J connectivity index is 2.23. The van der Waals surface area contributed by atoms with Crippen LogP contribution in [0, 0.1) is 0 Å². The van der Waals surface area contributed by atoms with E-state index in [1.54, 1.807) is 29.9 Å². The number of hydrogen-bond acceptors (Lipinski definition) is 5. The van der Waals surface area contributed by atoms with E-state index < -0.39 is 15.9 Å². The van der Waals surface area contributed by atoms with Crippen LogP contribution in [0.4, 0.5) is 0 Å². The molecule has 0 bridgehead atoms. The van der Waals surface area contributed by atoms with E-state index in [-0.39, 0.29) is 16.3 Å². The van der Waals surface area contributed by atoms with Gasteiger partial charge < -0.3 is 14.0 Å². The van der Waals surface area contributed by atoms with Crippen LogP contribution in [-0.2, 0) is 17.1 Å². The number of halogens is 1. The SMILES string of the molecule is COc1ccc(OC)c(S(=O)(=O)NNC(=O)c2cc(Br)cn2C)c1. The maximum atomic E-state index is 12.4. The summed E-state index contributed by atoms with van der Waals surface area (Å²) >= 11 is 3.24. The normalized spacial score (nSPS) is 11.2. The van der Waals surface area contributed by atoms with E-state index >= 15 is 0 Å². The third kappa shape index (κ3) is 3.89. The van der Waals surface area contributed by atoms with Crippen LogP contribution in [0.25, 0.3) is 0 Å². The summed E-state index contributed by atoms with van der Waals surface area (Å²) in [5.74, 6) is -0.137. The van der Waals surface area contributed by atoms with Gasteiger partial charge in [0, 0.05) is 23.8 Å². The van der Waals surface area contributed by atoms with Crippen LogP contribution in [-0.4, -0.2) is 33.1 Å². The summed E-state index contributed by atoms with van der Waals surface area (Å²) < 4.78 is 37.2. The Morgan fingerprint density at radius 2 is 1.92 bits per heavy atom. The van der Waals surface area contributed by atoms with Crippen LogP contribution < -0.4 is 19.7 Å². The molecule has 2 aromatic rings. The van der Waals surface area contributed by atoms with Crippen molar-refractivity contribution in [3.8, 4) is 11.5 Å². The maximum absolute atomic E-state index is 12.4. The number of nitrogens with zero attached hydrogens (tertiary/aromatic N) is 1. The Bertz CT molecular complexity index is 863. The summed E-state index contributed by atoms with van der Waals surface area (Å²) in [7, 11) is 0.379. The summed E-state index contributed by atoms with van der Waals surface area (Å²) in [5.41, 5.74) is 2.45. The molecule has 10 heteroatoms. The number of hydrazine groups is 1. The lowest BCUT2D eigenvalue weighted by Crippen LogP contribution is -2.42. The Morgan fingerprint density at radius 1 is 1.21 bits per heavy atom. The van der Waals surface area contributed by atoms with Gasteiger partial charge in [-0.2, -0.15) is 0 Å². The number of amides is 1. The highest BCUT2D eigenvalue weighted by Gasteiger charge is 2.22. The minimum atomic E-state index is -4.05. The summed E-state index contributed by atoms with van der Waals surface area (Å²) in [4.78, 5) is 14.0. The molecule has 0 saturated carbocycles. The van der Waals surface area contributed by atoms with Crippen molar-refractivity contribution in [2.75, 3.05) is 14.2 Å². The van der Waals surface area contributed by atoms with Gasteiger partial charge in [-0.25, -0.2) is 8.42 Å². The van der Waals surface area contributed by atoms with Crippen LogP contribution in [0.2, 0.25) is 0 Å². The fraction of sp³-hybridized carbons (Fsp3) is 0.214. The Kier molecular flexibility index (Phi) is 5.52. The van der Waals surface area contributed by atoms with Crippen molar-refractivity contribution in [2.45, 2.75) is 4.90 Å². The molecule has 1 aromatic heterocycles. The molecule has 0 aliphatic rings. The second-order valence-corrected chi connectivity index (χ2v) is 7.30. The Labute approximate surface area is 147 Å². The van der Waals surface area contributed by atoms with Gasteiger partial charge in [-0.1, -0.05) is 0 Å². The number of aryl methyl sites for hydroxylation is 1. The van der Waals surface area contributed by atoms with Crippen LogP contribution in [0.5, 0.6) is 11.5 Å². The number of rotatable bonds is 6. The van der Waals surface area contributed by atoms with E-state index in [2.05, 4.69) is 21.4 Å². The van der Waals surface area contributed by atoms with Crippen molar-refractivity contribution < 1.29 is 22.7 Å². The number of hydrogen-bond donors (Lipinski definition) is 2. The monoisotopic (exact) mass is 417 g/mol. The highest BCUT2D eigenvalue weighted by Crippen LogP contribution is 2.27. The number of benzene rings is 1. The van der Waals surface area contributed by atoms with Crippen LogP contribution >= 0.6 is 15.9 Å². The van der Waals surface area contributed by atoms with E-state index in [0.29, 0.717) is 10.2 Å². The van der Waals surface area contributed by atoms with Crippen LogP contribution in [0.1, 0.15) is 10.5 Å². The van der Waals surface area contributed by atoms with Crippen molar-refractivity contribution in [1.82, 2.24) is 14.8 Å². The third-order valence-electron chi connectivity index (χ3n) is 3.16. The molecule has 8 nitrogen and oxygen atoms in total. The van der Waals surface area contributed by atoms with E-state index in [1.165, 1.54) is 26.4 Å². The molecule has 1 aromatic carbocycles. The van der Waals surface area contributed by atoms with Crippen LogP contribution in [0.15, 0.2) is 39.8 Å². The van der Waals surface area contributed by atoms with Crippen molar-refractivity contribution >= 4 is 31.9 Å². The highest BCUT2D eigenvalue weighted by atomic mass is 79.9. The van der Waals surface area contributed by atoms with Crippen molar-refractivity contribution in [3.05, 3.63) is 40.6 Å².